The molecule has 0 aliphatic rings. The highest BCUT2D eigenvalue weighted by Gasteiger charge is 2.44. The van der Waals surface area contributed by atoms with Gasteiger partial charge in [-0.3, -0.25) is 0 Å². The van der Waals surface area contributed by atoms with Gasteiger partial charge in [0.15, 0.2) is 0 Å². The molecule has 0 spiro atoms. The van der Waals surface area contributed by atoms with E-state index in [-0.39, 0.29) is 18.3 Å². The number of hydrogen-bond acceptors (Lipinski definition) is 4. The molecule has 0 saturated heterocycles. The van der Waals surface area contributed by atoms with Crippen molar-refractivity contribution in [2.24, 2.45) is 0 Å². The van der Waals surface area contributed by atoms with Crippen LogP contribution in [0.15, 0.2) is 0 Å². The SMILES string of the molecule is CCCOC[Si](OC(C)C)(OC(C)C)OC(C)C. The Labute approximate surface area is 113 Å². The minimum Gasteiger partial charge on any atom is -0.377 e. The summed E-state index contributed by atoms with van der Waals surface area (Å²) in [5.74, 6) is 0. The average molecular weight is 278 g/mol. The maximum atomic E-state index is 5.98. The van der Waals surface area contributed by atoms with Crippen molar-refractivity contribution in [3.63, 3.8) is 0 Å². The number of rotatable bonds is 10. The van der Waals surface area contributed by atoms with Crippen LogP contribution in [-0.4, -0.2) is 40.0 Å². The van der Waals surface area contributed by atoms with Crippen molar-refractivity contribution in [1.82, 2.24) is 0 Å². The third kappa shape index (κ3) is 8.21. The van der Waals surface area contributed by atoms with Gasteiger partial charge in [-0.25, -0.2) is 0 Å². The van der Waals surface area contributed by atoms with E-state index in [1.165, 1.54) is 0 Å². The van der Waals surface area contributed by atoms with Crippen LogP contribution in [0.3, 0.4) is 0 Å². The predicted octanol–water partition coefficient (Wildman–Crippen LogP) is 3.17. The molecule has 0 atom stereocenters. The van der Waals surface area contributed by atoms with Gasteiger partial charge >= 0.3 is 8.80 Å². The quantitative estimate of drug-likeness (QED) is 0.454. The van der Waals surface area contributed by atoms with Gasteiger partial charge in [0, 0.05) is 24.9 Å². The lowest BCUT2D eigenvalue weighted by atomic mass is 10.5. The Balaban J connectivity index is 4.74. The molecule has 0 aromatic carbocycles. The summed E-state index contributed by atoms with van der Waals surface area (Å²) >= 11 is 0. The van der Waals surface area contributed by atoms with Crippen molar-refractivity contribution in [2.75, 3.05) is 12.8 Å². The van der Waals surface area contributed by atoms with Gasteiger partial charge in [-0.05, 0) is 48.0 Å². The zero-order valence-corrected chi connectivity index (χ0v) is 14.0. The molecule has 0 N–H and O–H groups in total. The first-order chi connectivity index (χ1) is 8.31. The molecule has 18 heavy (non-hydrogen) atoms. The van der Waals surface area contributed by atoms with Crippen molar-refractivity contribution >= 4 is 8.80 Å². The zero-order valence-electron chi connectivity index (χ0n) is 13.0. The minimum absolute atomic E-state index is 0.0689. The summed E-state index contributed by atoms with van der Waals surface area (Å²) in [5.41, 5.74) is 0. The Morgan fingerprint density at radius 1 is 0.778 bits per heavy atom. The molecule has 0 amide bonds. The Bertz CT molecular complexity index is 181. The fraction of sp³-hybridized carbons (Fsp3) is 1.00. The highest BCUT2D eigenvalue weighted by atomic mass is 28.4. The van der Waals surface area contributed by atoms with Gasteiger partial charge in [0.1, 0.15) is 6.23 Å². The van der Waals surface area contributed by atoms with Crippen LogP contribution in [0.2, 0.25) is 0 Å². The van der Waals surface area contributed by atoms with E-state index >= 15 is 0 Å². The van der Waals surface area contributed by atoms with Crippen molar-refractivity contribution in [1.29, 1.82) is 0 Å². The highest BCUT2D eigenvalue weighted by molar-refractivity contribution is 6.60. The molecular weight excluding hydrogens is 248 g/mol. The van der Waals surface area contributed by atoms with Crippen molar-refractivity contribution < 1.29 is 18.0 Å². The van der Waals surface area contributed by atoms with Crippen LogP contribution in [0, 0.1) is 0 Å². The first-order valence-corrected chi connectivity index (χ1v) is 8.85. The molecule has 0 aliphatic carbocycles. The fourth-order valence-electron chi connectivity index (χ4n) is 1.60. The molecule has 0 rings (SSSR count). The first-order valence-electron chi connectivity index (χ1n) is 6.92. The van der Waals surface area contributed by atoms with E-state index in [2.05, 4.69) is 6.92 Å². The van der Waals surface area contributed by atoms with Crippen LogP contribution < -0.4 is 0 Å². The Morgan fingerprint density at radius 3 is 1.44 bits per heavy atom. The second kappa shape index (κ2) is 9.04. The van der Waals surface area contributed by atoms with Gasteiger partial charge in [0.25, 0.3) is 0 Å². The fourth-order valence-corrected chi connectivity index (χ4v) is 4.52. The van der Waals surface area contributed by atoms with Crippen LogP contribution >= 0.6 is 0 Å². The van der Waals surface area contributed by atoms with E-state index in [1.54, 1.807) is 0 Å². The largest absolute Gasteiger partial charge is 0.528 e. The lowest BCUT2D eigenvalue weighted by Gasteiger charge is -2.34. The summed E-state index contributed by atoms with van der Waals surface area (Å²) in [6.07, 6.45) is 1.61. The Kier molecular flexibility index (Phi) is 9.07. The summed E-state index contributed by atoms with van der Waals surface area (Å²) in [4.78, 5) is 0. The van der Waals surface area contributed by atoms with E-state index in [0.29, 0.717) is 12.8 Å². The van der Waals surface area contributed by atoms with E-state index in [0.717, 1.165) is 6.42 Å². The lowest BCUT2D eigenvalue weighted by Crippen LogP contribution is -2.54. The van der Waals surface area contributed by atoms with Crippen molar-refractivity contribution in [3.8, 4) is 0 Å². The average Bonchev–Trinajstić information content (AvgIpc) is 2.13. The minimum atomic E-state index is -2.74. The monoisotopic (exact) mass is 278 g/mol. The zero-order chi connectivity index (χ0) is 14.2. The first kappa shape index (κ1) is 18.1. The topological polar surface area (TPSA) is 36.9 Å². The molecule has 0 aromatic heterocycles. The second-order valence-electron chi connectivity index (χ2n) is 5.24. The third-order valence-corrected chi connectivity index (χ3v) is 4.92. The molecule has 0 saturated carbocycles. The molecule has 0 unspecified atom stereocenters. The molecule has 5 heteroatoms. The van der Waals surface area contributed by atoms with Gasteiger partial charge < -0.3 is 18.0 Å². The van der Waals surface area contributed by atoms with E-state index in [9.17, 15) is 0 Å². The van der Waals surface area contributed by atoms with Gasteiger partial charge in [0.05, 0.1) is 0 Å². The molecule has 0 heterocycles. The van der Waals surface area contributed by atoms with E-state index in [4.69, 9.17) is 18.0 Å². The standard InChI is InChI=1S/C13H30O4Si/c1-8-9-14-10-18(15-11(2)3,16-12(4)5)17-13(6)7/h11-13H,8-10H2,1-7H3. The summed E-state index contributed by atoms with van der Waals surface area (Å²) in [6.45, 7) is 14.8. The smallest absolute Gasteiger partial charge is 0.377 e. The van der Waals surface area contributed by atoms with Gasteiger partial charge in [-0.15, -0.1) is 0 Å². The number of ether oxygens (including phenoxy) is 1. The summed E-state index contributed by atoms with van der Waals surface area (Å²) in [5, 5.41) is 0. The van der Waals surface area contributed by atoms with E-state index in [1.807, 2.05) is 41.5 Å². The predicted molar refractivity (Wildman–Crippen MR) is 75.5 cm³/mol. The summed E-state index contributed by atoms with van der Waals surface area (Å²) in [6, 6.07) is 0. The molecule has 0 bridgehead atoms. The molecular formula is C13H30O4Si. The second-order valence-corrected chi connectivity index (χ2v) is 7.60. The maximum absolute atomic E-state index is 5.98. The summed E-state index contributed by atoms with van der Waals surface area (Å²) < 4.78 is 23.6. The lowest BCUT2D eigenvalue weighted by molar-refractivity contribution is -0.0220. The molecule has 4 nitrogen and oxygen atoms in total. The Morgan fingerprint density at radius 2 is 1.17 bits per heavy atom. The maximum Gasteiger partial charge on any atom is 0.528 e. The van der Waals surface area contributed by atoms with Crippen molar-refractivity contribution in [2.45, 2.75) is 73.2 Å². The molecule has 110 valence electrons. The van der Waals surface area contributed by atoms with Gasteiger partial charge in [-0.1, -0.05) is 6.92 Å². The third-order valence-electron chi connectivity index (χ3n) is 1.87. The van der Waals surface area contributed by atoms with Crippen LogP contribution in [0.4, 0.5) is 0 Å². The van der Waals surface area contributed by atoms with Crippen LogP contribution in [-0.2, 0) is 18.0 Å². The van der Waals surface area contributed by atoms with Crippen LogP contribution in [0.25, 0.3) is 0 Å². The molecule has 0 aliphatic heterocycles. The Hall–Kier alpha value is 0.0569. The van der Waals surface area contributed by atoms with Crippen LogP contribution in [0.5, 0.6) is 0 Å². The van der Waals surface area contributed by atoms with Gasteiger partial charge in [0.2, 0.25) is 0 Å². The summed E-state index contributed by atoms with van der Waals surface area (Å²) in [7, 11) is -2.74. The van der Waals surface area contributed by atoms with Crippen LogP contribution in [0.1, 0.15) is 54.9 Å². The normalized spacial score (nSPS) is 13.0. The number of hydrogen-bond donors (Lipinski definition) is 0. The molecule has 0 aromatic rings. The molecule has 0 radical (unpaired) electrons. The van der Waals surface area contributed by atoms with Gasteiger partial charge in [-0.2, -0.15) is 0 Å². The van der Waals surface area contributed by atoms with E-state index < -0.39 is 8.80 Å². The highest BCUT2D eigenvalue weighted by Crippen LogP contribution is 2.18. The molecule has 0 fully saturated rings. The van der Waals surface area contributed by atoms with Crippen molar-refractivity contribution in [3.05, 3.63) is 0 Å².